The lowest BCUT2D eigenvalue weighted by atomic mass is 10.1. The van der Waals surface area contributed by atoms with Gasteiger partial charge in [0.25, 0.3) is 5.91 Å². The quantitative estimate of drug-likeness (QED) is 0.527. The maximum absolute atomic E-state index is 13.9. The number of benzene rings is 2. The fourth-order valence-electron chi connectivity index (χ4n) is 3.84. The van der Waals surface area contributed by atoms with Crippen LogP contribution in [0.2, 0.25) is 0 Å². The van der Waals surface area contributed by atoms with E-state index in [1.165, 1.54) is 62.3 Å². The average molecular weight is 527 g/mol. The maximum atomic E-state index is 13.9. The van der Waals surface area contributed by atoms with E-state index >= 15 is 0 Å². The molecule has 196 valence electrons. The molecule has 1 aliphatic heterocycles. The van der Waals surface area contributed by atoms with Crippen molar-refractivity contribution in [2.75, 3.05) is 27.1 Å². The summed E-state index contributed by atoms with van der Waals surface area (Å²) in [7, 11) is 4.28. The molecule has 0 aromatic heterocycles. The maximum Gasteiger partial charge on any atom is 0.416 e. The topological polar surface area (TPSA) is 77.1 Å². The monoisotopic (exact) mass is 526 g/mol. The normalized spacial score (nSPS) is 18.5. The van der Waals surface area contributed by atoms with Crippen LogP contribution in [-0.4, -0.2) is 55.9 Å². The van der Waals surface area contributed by atoms with Crippen LogP contribution in [0.4, 0.5) is 13.2 Å². The predicted octanol–water partition coefficient (Wildman–Crippen LogP) is 4.90. The highest BCUT2D eigenvalue weighted by molar-refractivity contribution is 7.99. The van der Waals surface area contributed by atoms with Crippen molar-refractivity contribution in [1.29, 1.82) is 0 Å². The number of carbonyl (C=O) groups is 2. The first-order chi connectivity index (χ1) is 17.0. The molecule has 0 radical (unpaired) electrons. The number of halogens is 3. The highest BCUT2D eigenvalue weighted by Crippen LogP contribution is 2.45. The molecule has 2 aromatic rings. The summed E-state index contributed by atoms with van der Waals surface area (Å²) in [5, 5.41) is 2.23. The van der Waals surface area contributed by atoms with Gasteiger partial charge in [0.2, 0.25) is 11.7 Å². The van der Waals surface area contributed by atoms with Gasteiger partial charge < -0.3 is 24.4 Å². The van der Waals surface area contributed by atoms with Gasteiger partial charge in [-0.3, -0.25) is 9.59 Å². The van der Waals surface area contributed by atoms with Crippen molar-refractivity contribution >= 4 is 23.6 Å². The Morgan fingerprint density at radius 1 is 1.08 bits per heavy atom. The number of ether oxygens (including phenoxy) is 3. The Balaban J connectivity index is 2.05. The van der Waals surface area contributed by atoms with Crippen LogP contribution in [-0.2, 0) is 11.0 Å². The SMILES string of the molecule is CCC(C)NC(=O)C1CSC(c2ccc(C(F)(F)F)cc2)N1C(=O)c1cc(OC)c(OC)c(OC)c1. The molecule has 2 aromatic carbocycles. The van der Waals surface area contributed by atoms with Gasteiger partial charge in [-0.15, -0.1) is 11.8 Å². The third-order valence-corrected chi connectivity index (χ3v) is 7.30. The van der Waals surface area contributed by atoms with Gasteiger partial charge in [-0.05, 0) is 43.2 Å². The fourth-order valence-corrected chi connectivity index (χ4v) is 5.27. The number of nitrogens with one attached hydrogen (secondary N) is 1. The molecule has 0 aliphatic carbocycles. The van der Waals surface area contributed by atoms with Crippen LogP contribution in [0.25, 0.3) is 0 Å². The molecule has 2 amide bonds. The Labute approximate surface area is 212 Å². The molecule has 3 unspecified atom stereocenters. The number of amides is 2. The lowest BCUT2D eigenvalue weighted by Crippen LogP contribution is -2.49. The summed E-state index contributed by atoms with van der Waals surface area (Å²) in [6, 6.07) is 6.67. The van der Waals surface area contributed by atoms with E-state index in [0.29, 0.717) is 17.7 Å². The molecule has 7 nitrogen and oxygen atoms in total. The van der Waals surface area contributed by atoms with Crippen LogP contribution >= 0.6 is 11.8 Å². The average Bonchev–Trinajstić information content (AvgIpc) is 3.32. The van der Waals surface area contributed by atoms with Gasteiger partial charge in [0, 0.05) is 17.4 Å². The first-order valence-corrected chi connectivity index (χ1v) is 12.3. The Kier molecular flexibility index (Phi) is 8.65. The van der Waals surface area contributed by atoms with Crippen molar-refractivity contribution in [3.63, 3.8) is 0 Å². The largest absolute Gasteiger partial charge is 0.493 e. The lowest BCUT2D eigenvalue weighted by molar-refractivity contribution is -0.137. The van der Waals surface area contributed by atoms with E-state index in [2.05, 4.69) is 5.32 Å². The summed E-state index contributed by atoms with van der Waals surface area (Å²) in [5.74, 6) is 0.292. The minimum absolute atomic E-state index is 0.106. The van der Waals surface area contributed by atoms with E-state index in [-0.39, 0.29) is 34.8 Å². The van der Waals surface area contributed by atoms with Crippen LogP contribution < -0.4 is 19.5 Å². The predicted molar refractivity (Wildman–Crippen MR) is 131 cm³/mol. The number of carbonyl (C=O) groups excluding carboxylic acids is 2. The fraction of sp³-hybridized carbons (Fsp3) is 0.440. The highest BCUT2D eigenvalue weighted by atomic mass is 32.2. The Bertz CT molecular complexity index is 1070. The van der Waals surface area contributed by atoms with Crippen LogP contribution in [0.1, 0.15) is 47.1 Å². The molecule has 3 atom stereocenters. The number of thioether (sulfide) groups is 1. The molecule has 36 heavy (non-hydrogen) atoms. The van der Waals surface area contributed by atoms with Gasteiger partial charge >= 0.3 is 6.18 Å². The number of alkyl halides is 3. The Morgan fingerprint density at radius 2 is 1.67 bits per heavy atom. The zero-order chi connectivity index (χ0) is 26.6. The second kappa shape index (κ2) is 11.3. The molecule has 3 rings (SSSR count). The summed E-state index contributed by atoms with van der Waals surface area (Å²) in [6.07, 6.45) is -3.78. The standard InChI is InChI=1S/C25H29F3N2O5S/c1-6-14(2)29-22(31)18-13-36-24(15-7-9-17(10-8-15)25(26,27)28)30(18)23(32)16-11-19(33-3)21(35-5)20(12-16)34-4/h7-12,14,18,24H,6,13H2,1-5H3,(H,29,31). The summed E-state index contributed by atoms with van der Waals surface area (Å²) in [5.41, 5.74) is -0.124. The van der Waals surface area contributed by atoms with Crippen LogP contribution in [0.5, 0.6) is 17.2 Å². The number of hydrogen-bond acceptors (Lipinski definition) is 6. The molecule has 1 saturated heterocycles. The number of methoxy groups -OCH3 is 3. The minimum Gasteiger partial charge on any atom is -0.493 e. The van der Waals surface area contributed by atoms with E-state index in [9.17, 15) is 22.8 Å². The van der Waals surface area contributed by atoms with E-state index in [1.807, 2.05) is 13.8 Å². The zero-order valence-corrected chi connectivity index (χ0v) is 21.5. The van der Waals surface area contributed by atoms with E-state index in [4.69, 9.17) is 14.2 Å². The molecule has 11 heteroatoms. The van der Waals surface area contributed by atoms with Gasteiger partial charge in [-0.2, -0.15) is 13.2 Å². The molecule has 0 bridgehead atoms. The highest BCUT2D eigenvalue weighted by Gasteiger charge is 2.43. The van der Waals surface area contributed by atoms with E-state index < -0.39 is 29.1 Å². The number of nitrogens with zero attached hydrogens (tertiary/aromatic N) is 1. The molecule has 0 saturated carbocycles. The van der Waals surface area contributed by atoms with Crippen molar-refractivity contribution in [3.8, 4) is 17.2 Å². The minimum atomic E-state index is -4.48. The van der Waals surface area contributed by atoms with E-state index in [0.717, 1.165) is 12.1 Å². The van der Waals surface area contributed by atoms with Crippen molar-refractivity contribution in [2.24, 2.45) is 0 Å². The molecule has 1 N–H and O–H groups in total. The van der Waals surface area contributed by atoms with Crippen LogP contribution in [0.3, 0.4) is 0 Å². The first kappa shape index (κ1) is 27.5. The summed E-state index contributed by atoms with van der Waals surface area (Å²) in [6.45, 7) is 3.79. The third kappa shape index (κ3) is 5.66. The molecule has 1 heterocycles. The molecule has 1 aliphatic rings. The van der Waals surface area contributed by atoms with Crippen molar-refractivity contribution < 1.29 is 37.0 Å². The second-order valence-corrected chi connectivity index (χ2v) is 9.38. The molecule has 1 fully saturated rings. The first-order valence-electron chi connectivity index (χ1n) is 11.3. The van der Waals surface area contributed by atoms with Gasteiger partial charge in [0.15, 0.2) is 11.5 Å². The van der Waals surface area contributed by atoms with Crippen LogP contribution in [0, 0.1) is 0 Å². The van der Waals surface area contributed by atoms with Gasteiger partial charge in [0.1, 0.15) is 11.4 Å². The summed E-state index contributed by atoms with van der Waals surface area (Å²) >= 11 is 1.31. The number of hydrogen-bond donors (Lipinski definition) is 1. The van der Waals surface area contributed by atoms with Crippen molar-refractivity contribution in [1.82, 2.24) is 10.2 Å². The third-order valence-electron chi connectivity index (χ3n) is 5.97. The smallest absolute Gasteiger partial charge is 0.416 e. The molecular formula is C25H29F3N2O5S. The van der Waals surface area contributed by atoms with Crippen LogP contribution in [0.15, 0.2) is 36.4 Å². The molecular weight excluding hydrogens is 497 g/mol. The van der Waals surface area contributed by atoms with Crippen molar-refractivity contribution in [2.45, 2.75) is 43.9 Å². The Morgan fingerprint density at radius 3 is 2.14 bits per heavy atom. The molecule has 0 spiro atoms. The summed E-state index contributed by atoms with van der Waals surface area (Å²) < 4.78 is 55.3. The van der Waals surface area contributed by atoms with Gasteiger partial charge in [-0.1, -0.05) is 19.1 Å². The zero-order valence-electron chi connectivity index (χ0n) is 20.6. The van der Waals surface area contributed by atoms with E-state index in [1.54, 1.807) is 0 Å². The summed E-state index contributed by atoms with van der Waals surface area (Å²) in [4.78, 5) is 28.4. The Hall–Kier alpha value is -3.08. The lowest BCUT2D eigenvalue weighted by Gasteiger charge is -2.30. The van der Waals surface area contributed by atoms with Gasteiger partial charge in [0.05, 0.1) is 26.9 Å². The van der Waals surface area contributed by atoms with Crippen molar-refractivity contribution in [3.05, 3.63) is 53.1 Å². The second-order valence-electron chi connectivity index (χ2n) is 8.27. The van der Waals surface area contributed by atoms with Gasteiger partial charge in [-0.25, -0.2) is 0 Å². The number of rotatable bonds is 8.